The molecule has 0 aliphatic carbocycles. The lowest BCUT2D eigenvalue weighted by Gasteiger charge is -2.32. The number of hydrogen-bond donors (Lipinski definition) is 2. The summed E-state index contributed by atoms with van der Waals surface area (Å²) in [5.74, 6) is -0.973. The molecule has 2 fully saturated rings. The van der Waals surface area contributed by atoms with Crippen LogP contribution >= 0.6 is 0 Å². The fourth-order valence-electron chi connectivity index (χ4n) is 3.73. The maximum Gasteiger partial charge on any atom is 0.414 e. The summed E-state index contributed by atoms with van der Waals surface area (Å²) in [6.07, 6.45) is 0.649. The number of aliphatic hydroxyl groups excluding tert-OH is 1. The Labute approximate surface area is 162 Å². The molecule has 0 aromatic heterocycles. The molecule has 0 radical (unpaired) electrons. The van der Waals surface area contributed by atoms with Gasteiger partial charge in [0.15, 0.2) is 0 Å². The second kappa shape index (κ2) is 8.55. The number of halogens is 1. The number of cyclic esters (lactones) is 1. The van der Waals surface area contributed by atoms with Crippen LogP contribution in [0, 0.1) is 5.82 Å². The number of carbonyl (C=O) groups excluding carboxylic acids is 3. The van der Waals surface area contributed by atoms with Crippen molar-refractivity contribution >= 4 is 23.6 Å². The highest BCUT2D eigenvalue weighted by molar-refractivity contribution is 5.90. The van der Waals surface area contributed by atoms with E-state index in [-0.39, 0.29) is 30.9 Å². The van der Waals surface area contributed by atoms with Crippen LogP contribution in [0.4, 0.5) is 14.9 Å². The highest BCUT2D eigenvalue weighted by Crippen LogP contribution is 2.33. The molecular formula is C19H24FN3O5. The highest BCUT2D eigenvalue weighted by Gasteiger charge is 2.35. The number of benzene rings is 1. The van der Waals surface area contributed by atoms with E-state index in [4.69, 9.17) is 9.84 Å². The monoisotopic (exact) mass is 393 g/mol. The number of hydrogen-bond acceptors (Lipinski definition) is 5. The second-order valence-corrected chi connectivity index (χ2v) is 7.06. The number of carbonyl (C=O) groups is 3. The van der Waals surface area contributed by atoms with Crippen LogP contribution in [0.2, 0.25) is 0 Å². The first-order chi connectivity index (χ1) is 13.4. The molecule has 2 aliphatic rings. The number of piperidine rings is 1. The van der Waals surface area contributed by atoms with E-state index in [0.717, 1.165) is 0 Å². The van der Waals surface area contributed by atoms with Crippen LogP contribution in [-0.4, -0.2) is 66.8 Å². The molecule has 3 amide bonds. The molecule has 2 heterocycles. The zero-order chi connectivity index (χ0) is 20.3. The Morgan fingerprint density at radius 2 is 2.04 bits per heavy atom. The molecule has 1 aromatic carbocycles. The van der Waals surface area contributed by atoms with Crippen molar-refractivity contribution in [3.05, 3.63) is 29.6 Å². The molecule has 8 nitrogen and oxygen atoms in total. The molecule has 2 aliphatic heterocycles. The van der Waals surface area contributed by atoms with Crippen LogP contribution in [0.25, 0.3) is 0 Å². The van der Waals surface area contributed by atoms with Crippen molar-refractivity contribution in [2.24, 2.45) is 0 Å². The Hall–Kier alpha value is -2.68. The van der Waals surface area contributed by atoms with Gasteiger partial charge in [-0.1, -0.05) is 6.07 Å². The van der Waals surface area contributed by atoms with Crippen LogP contribution in [0.1, 0.15) is 31.2 Å². The van der Waals surface area contributed by atoms with Gasteiger partial charge in [-0.2, -0.15) is 0 Å². The van der Waals surface area contributed by atoms with E-state index in [0.29, 0.717) is 37.2 Å². The first-order valence-corrected chi connectivity index (χ1v) is 9.29. The summed E-state index contributed by atoms with van der Waals surface area (Å²) in [7, 11) is 0. The van der Waals surface area contributed by atoms with Crippen LogP contribution in [0.5, 0.6) is 0 Å². The standard InChI is InChI=1S/C19H24FN3O5/c1-12(25)21-9-15-11-28-19(27)23(15)14-2-3-16(17(20)8-14)13-4-6-22(7-5-13)18(26)10-24/h2-3,8,13,15,24H,4-7,9-11H2,1H3,(H,21,25)/t15-/m0/s1. The van der Waals surface area contributed by atoms with E-state index < -0.39 is 24.6 Å². The van der Waals surface area contributed by atoms with Gasteiger partial charge in [0.1, 0.15) is 19.0 Å². The third kappa shape index (κ3) is 4.24. The minimum Gasteiger partial charge on any atom is -0.447 e. The van der Waals surface area contributed by atoms with Crippen molar-refractivity contribution in [1.29, 1.82) is 0 Å². The number of amides is 3. The summed E-state index contributed by atoms with van der Waals surface area (Å²) in [6.45, 7) is 2.17. The molecular weight excluding hydrogens is 369 g/mol. The predicted molar refractivity (Wildman–Crippen MR) is 98.3 cm³/mol. The molecule has 3 rings (SSSR count). The average Bonchev–Trinajstić information content (AvgIpc) is 3.06. The van der Waals surface area contributed by atoms with Crippen LogP contribution in [0.3, 0.4) is 0 Å². The van der Waals surface area contributed by atoms with E-state index in [1.54, 1.807) is 17.0 Å². The van der Waals surface area contributed by atoms with Crippen molar-refractivity contribution in [3.8, 4) is 0 Å². The third-order valence-corrected chi connectivity index (χ3v) is 5.23. The van der Waals surface area contributed by atoms with Gasteiger partial charge in [-0.15, -0.1) is 0 Å². The summed E-state index contributed by atoms with van der Waals surface area (Å²) in [5.41, 5.74) is 0.929. The Kier molecular flexibility index (Phi) is 6.13. The summed E-state index contributed by atoms with van der Waals surface area (Å²) < 4.78 is 19.9. The summed E-state index contributed by atoms with van der Waals surface area (Å²) in [4.78, 5) is 37.7. The summed E-state index contributed by atoms with van der Waals surface area (Å²) >= 11 is 0. The topological polar surface area (TPSA) is 99.2 Å². The number of aliphatic hydroxyl groups is 1. The first-order valence-electron chi connectivity index (χ1n) is 9.29. The number of rotatable bonds is 5. The smallest absolute Gasteiger partial charge is 0.414 e. The highest BCUT2D eigenvalue weighted by atomic mass is 19.1. The van der Waals surface area contributed by atoms with Gasteiger partial charge < -0.3 is 20.1 Å². The molecule has 2 N–H and O–H groups in total. The van der Waals surface area contributed by atoms with Gasteiger partial charge in [0, 0.05) is 26.6 Å². The molecule has 9 heteroatoms. The van der Waals surface area contributed by atoms with Crippen LogP contribution in [0.15, 0.2) is 18.2 Å². The zero-order valence-electron chi connectivity index (χ0n) is 15.7. The normalized spacial score (nSPS) is 20.2. The average molecular weight is 393 g/mol. The van der Waals surface area contributed by atoms with Crippen LogP contribution < -0.4 is 10.2 Å². The van der Waals surface area contributed by atoms with Crippen molar-refractivity contribution in [2.45, 2.75) is 31.7 Å². The SMILES string of the molecule is CC(=O)NC[C@H]1COC(=O)N1c1ccc(C2CCN(C(=O)CO)CC2)c(F)c1. The number of nitrogens with one attached hydrogen (secondary N) is 1. The molecule has 0 spiro atoms. The molecule has 1 aromatic rings. The van der Waals surface area contributed by atoms with E-state index in [2.05, 4.69) is 5.32 Å². The maximum atomic E-state index is 14.8. The Morgan fingerprint density at radius 1 is 1.32 bits per heavy atom. The number of nitrogens with zero attached hydrogens (tertiary/aromatic N) is 2. The van der Waals surface area contributed by atoms with Crippen molar-refractivity contribution in [1.82, 2.24) is 10.2 Å². The van der Waals surface area contributed by atoms with E-state index in [1.807, 2.05) is 0 Å². The van der Waals surface area contributed by atoms with Gasteiger partial charge in [-0.05, 0) is 36.5 Å². The second-order valence-electron chi connectivity index (χ2n) is 7.06. The van der Waals surface area contributed by atoms with Crippen molar-refractivity contribution < 1.29 is 28.6 Å². The van der Waals surface area contributed by atoms with E-state index in [9.17, 15) is 18.8 Å². The number of ether oxygens (including phenoxy) is 1. The van der Waals surface area contributed by atoms with Gasteiger partial charge in [-0.3, -0.25) is 14.5 Å². The lowest BCUT2D eigenvalue weighted by Crippen LogP contribution is -2.42. The maximum absolute atomic E-state index is 14.8. The lowest BCUT2D eigenvalue weighted by molar-refractivity contribution is -0.135. The lowest BCUT2D eigenvalue weighted by atomic mass is 9.89. The Morgan fingerprint density at radius 3 is 2.64 bits per heavy atom. The van der Waals surface area contributed by atoms with Crippen molar-refractivity contribution in [2.75, 3.05) is 37.7 Å². The van der Waals surface area contributed by atoms with Gasteiger partial charge in [0.2, 0.25) is 11.8 Å². The fourth-order valence-corrected chi connectivity index (χ4v) is 3.73. The molecule has 0 bridgehead atoms. The number of anilines is 1. The first kappa shape index (κ1) is 20.1. The molecule has 0 saturated carbocycles. The van der Waals surface area contributed by atoms with E-state index >= 15 is 0 Å². The van der Waals surface area contributed by atoms with Gasteiger partial charge in [-0.25, -0.2) is 9.18 Å². The minimum absolute atomic E-state index is 0.0301. The predicted octanol–water partition coefficient (Wildman–Crippen LogP) is 0.985. The van der Waals surface area contributed by atoms with Crippen molar-refractivity contribution in [3.63, 3.8) is 0 Å². The van der Waals surface area contributed by atoms with Gasteiger partial charge >= 0.3 is 6.09 Å². The number of likely N-dealkylation sites (tertiary alicyclic amines) is 1. The van der Waals surface area contributed by atoms with Crippen LogP contribution in [-0.2, 0) is 14.3 Å². The summed E-state index contributed by atoms with van der Waals surface area (Å²) in [6, 6.07) is 4.26. The molecule has 1 atom stereocenters. The molecule has 152 valence electrons. The molecule has 2 saturated heterocycles. The van der Waals surface area contributed by atoms with E-state index in [1.165, 1.54) is 17.9 Å². The quantitative estimate of drug-likeness (QED) is 0.777. The summed E-state index contributed by atoms with van der Waals surface area (Å²) in [5, 5.41) is 11.6. The molecule has 28 heavy (non-hydrogen) atoms. The Balaban J connectivity index is 1.71. The molecule has 0 unspecified atom stereocenters. The largest absolute Gasteiger partial charge is 0.447 e. The van der Waals surface area contributed by atoms with Gasteiger partial charge in [0.05, 0.1) is 11.7 Å². The Bertz CT molecular complexity index is 764. The third-order valence-electron chi connectivity index (χ3n) is 5.23. The minimum atomic E-state index is -0.571. The van der Waals surface area contributed by atoms with Gasteiger partial charge in [0.25, 0.3) is 0 Å². The fraction of sp³-hybridized carbons (Fsp3) is 0.526. The zero-order valence-corrected chi connectivity index (χ0v) is 15.7.